The zero-order chi connectivity index (χ0) is 14.7. The van der Waals surface area contributed by atoms with Crippen molar-refractivity contribution in [3.8, 4) is 0 Å². The Morgan fingerprint density at radius 2 is 2.14 bits per heavy atom. The highest BCUT2D eigenvalue weighted by Gasteiger charge is 2.26. The first kappa shape index (κ1) is 21.5. The number of nitrogens with two attached hydrogens (primary N) is 1. The predicted octanol–water partition coefficient (Wildman–Crippen LogP) is 3.43. The van der Waals surface area contributed by atoms with Crippen molar-refractivity contribution in [2.24, 2.45) is 0 Å². The van der Waals surface area contributed by atoms with Gasteiger partial charge in [0.05, 0.1) is 5.56 Å². The number of likely N-dealkylation sites (N-methyl/N-ethyl adjacent to an activating group) is 2. The minimum atomic E-state index is -0.00190. The molecular weight excluding hydrogens is 389 g/mol. The minimum absolute atomic E-state index is 0. The number of amides is 1. The third kappa shape index (κ3) is 5.01. The average molecular weight is 413 g/mol. The standard InChI is InChI=1S/C15H22BrN3O.2ClH/c1-3-19-8-4-5-12(19)10-18(2)15(20)13-7-6-11(16)9-14(13)17;;/h6-7,9,12H,3-5,8,10,17H2,1-2H3;2*1H. The third-order valence-electron chi connectivity index (χ3n) is 3.98. The summed E-state index contributed by atoms with van der Waals surface area (Å²) in [6.07, 6.45) is 2.39. The summed E-state index contributed by atoms with van der Waals surface area (Å²) in [5, 5.41) is 0. The normalized spacial score (nSPS) is 17.5. The average Bonchev–Trinajstić information content (AvgIpc) is 2.85. The van der Waals surface area contributed by atoms with Gasteiger partial charge >= 0.3 is 0 Å². The van der Waals surface area contributed by atoms with Gasteiger partial charge in [0.25, 0.3) is 5.91 Å². The first-order valence-corrected chi connectivity index (χ1v) is 7.86. The van der Waals surface area contributed by atoms with Crippen LogP contribution in [0.25, 0.3) is 0 Å². The van der Waals surface area contributed by atoms with Crippen LogP contribution in [0.15, 0.2) is 22.7 Å². The number of anilines is 1. The fraction of sp³-hybridized carbons (Fsp3) is 0.533. The molecule has 0 saturated carbocycles. The number of hydrogen-bond acceptors (Lipinski definition) is 3. The van der Waals surface area contributed by atoms with Crippen LogP contribution >= 0.6 is 40.7 Å². The summed E-state index contributed by atoms with van der Waals surface area (Å²) in [7, 11) is 1.86. The Morgan fingerprint density at radius 1 is 1.45 bits per heavy atom. The molecule has 1 atom stereocenters. The fourth-order valence-corrected chi connectivity index (χ4v) is 3.23. The molecule has 2 N–H and O–H groups in total. The van der Waals surface area contributed by atoms with E-state index in [1.807, 2.05) is 13.1 Å². The Morgan fingerprint density at radius 3 is 2.73 bits per heavy atom. The maximum absolute atomic E-state index is 12.5. The Hall–Kier alpha value is -0.490. The van der Waals surface area contributed by atoms with E-state index >= 15 is 0 Å². The molecular formula is C15H24BrCl2N3O. The van der Waals surface area contributed by atoms with Crippen LogP contribution in [0.1, 0.15) is 30.1 Å². The zero-order valence-electron chi connectivity index (χ0n) is 12.9. The molecule has 0 bridgehead atoms. The highest BCUT2D eigenvalue weighted by Crippen LogP contribution is 2.21. The Bertz CT molecular complexity index is 502. The lowest BCUT2D eigenvalue weighted by Crippen LogP contribution is -2.41. The van der Waals surface area contributed by atoms with Crippen LogP contribution in [0.4, 0.5) is 5.69 Å². The number of likely N-dealkylation sites (tertiary alicyclic amines) is 1. The molecule has 1 aliphatic rings. The maximum atomic E-state index is 12.5. The molecule has 0 radical (unpaired) electrons. The van der Waals surface area contributed by atoms with Gasteiger partial charge in [-0.1, -0.05) is 22.9 Å². The zero-order valence-corrected chi connectivity index (χ0v) is 16.1. The van der Waals surface area contributed by atoms with E-state index < -0.39 is 0 Å². The predicted molar refractivity (Wildman–Crippen MR) is 100 cm³/mol. The molecule has 7 heteroatoms. The van der Waals surface area contributed by atoms with E-state index in [0.717, 1.165) is 24.1 Å². The van der Waals surface area contributed by atoms with Crippen LogP contribution in [-0.4, -0.2) is 48.4 Å². The SMILES string of the molecule is CCN1CCCC1CN(C)C(=O)c1ccc(Br)cc1N.Cl.Cl. The number of nitrogens with zero attached hydrogens (tertiary/aromatic N) is 2. The number of hydrogen-bond donors (Lipinski definition) is 1. The van der Waals surface area contributed by atoms with Gasteiger partial charge in [0.1, 0.15) is 0 Å². The molecule has 126 valence electrons. The molecule has 4 nitrogen and oxygen atoms in total. The molecule has 0 spiro atoms. The van der Waals surface area contributed by atoms with Crippen molar-refractivity contribution in [1.82, 2.24) is 9.80 Å². The van der Waals surface area contributed by atoms with Gasteiger partial charge in [0.15, 0.2) is 0 Å². The van der Waals surface area contributed by atoms with Gasteiger partial charge in [-0.25, -0.2) is 0 Å². The summed E-state index contributed by atoms with van der Waals surface area (Å²) in [6, 6.07) is 5.88. The highest BCUT2D eigenvalue weighted by molar-refractivity contribution is 9.10. The highest BCUT2D eigenvalue weighted by atomic mass is 79.9. The molecule has 22 heavy (non-hydrogen) atoms. The van der Waals surface area contributed by atoms with Crippen molar-refractivity contribution < 1.29 is 4.79 Å². The number of nitrogen functional groups attached to an aromatic ring is 1. The van der Waals surface area contributed by atoms with Crippen LogP contribution < -0.4 is 5.73 Å². The molecule has 0 aliphatic carbocycles. The Labute approximate surface area is 153 Å². The van der Waals surface area contributed by atoms with E-state index in [0.29, 0.717) is 17.3 Å². The smallest absolute Gasteiger partial charge is 0.255 e. The minimum Gasteiger partial charge on any atom is -0.398 e. The quantitative estimate of drug-likeness (QED) is 0.770. The van der Waals surface area contributed by atoms with E-state index in [1.54, 1.807) is 17.0 Å². The topological polar surface area (TPSA) is 49.6 Å². The van der Waals surface area contributed by atoms with Crippen molar-refractivity contribution in [2.75, 3.05) is 32.4 Å². The van der Waals surface area contributed by atoms with E-state index in [4.69, 9.17) is 5.73 Å². The van der Waals surface area contributed by atoms with Gasteiger partial charge in [-0.2, -0.15) is 0 Å². The molecule has 1 aromatic rings. The van der Waals surface area contributed by atoms with Crippen molar-refractivity contribution in [3.05, 3.63) is 28.2 Å². The summed E-state index contributed by atoms with van der Waals surface area (Å²) in [4.78, 5) is 16.7. The van der Waals surface area contributed by atoms with Crippen molar-refractivity contribution >= 4 is 52.3 Å². The molecule has 1 saturated heterocycles. The second-order valence-electron chi connectivity index (χ2n) is 5.34. The van der Waals surface area contributed by atoms with Crippen molar-refractivity contribution in [3.63, 3.8) is 0 Å². The monoisotopic (exact) mass is 411 g/mol. The number of carbonyl (C=O) groups excluding carboxylic acids is 1. The lowest BCUT2D eigenvalue weighted by molar-refractivity contribution is 0.0755. The van der Waals surface area contributed by atoms with E-state index in [9.17, 15) is 4.79 Å². The molecule has 1 unspecified atom stereocenters. The van der Waals surface area contributed by atoms with Crippen molar-refractivity contribution in [2.45, 2.75) is 25.8 Å². The van der Waals surface area contributed by atoms with Gasteiger partial charge in [-0.05, 0) is 44.1 Å². The Balaban J connectivity index is 0.00000220. The summed E-state index contributed by atoms with van der Waals surface area (Å²) >= 11 is 3.36. The van der Waals surface area contributed by atoms with Crippen molar-refractivity contribution in [1.29, 1.82) is 0 Å². The number of halogens is 3. The largest absolute Gasteiger partial charge is 0.398 e. The third-order valence-corrected chi connectivity index (χ3v) is 4.47. The molecule has 1 amide bonds. The maximum Gasteiger partial charge on any atom is 0.255 e. The molecule has 2 rings (SSSR count). The van der Waals surface area contributed by atoms with E-state index in [2.05, 4.69) is 27.8 Å². The van der Waals surface area contributed by atoms with Crippen LogP contribution in [-0.2, 0) is 0 Å². The summed E-state index contributed by atoms with van der Waals surface area (Å²) in [5.41, 5.74) is 7.04. The number of rotatable bonds is 4. The fourth-order valence-electron chi connectivity index (χ4n) is 2.85. The summed E-state index contributed by atoms with van der Waals surface area (Å²) < 4.78 is 0.891. The second-order valence-corrected chi connectivity index (χ2v) is 6.26. The molecule has 1 aromatic carbocycles. The van der Waals surface area contributed by atoms with Crippen LogP contribution in [0, 0.1) is 0 Å². The van der Waals surface area contributed by atoms with Crippen LogP contribution in [0.3, 0.4) is 0 Å². The van der Waals surface area contributed by atoms with Gasteiger partial charge in [-0.15, -0.1) is 24.8 Å². The lowest BCUT2D eigenvalue weighted by atomic mass is 10.1. The van der Waals surface area contributed by atoms with Gasteiger partial charge < -0.3 is 10.6 Å². The Kier molecular flexibility index (Phi) is 9.39. The number of benzene rings is 1. The molecule has 1 fully saturated rings. The number of carbonyl (C=O) groups is 1. The summed E-state index contributed by atoms with van der Waals surface area (Å²) in [6.45, 7) is 5.13. The first-order chi connectivity index (χ1) is 9.52. The van der Waals surface area contributed by atoms with Gasteiger partial charge in [-0.3, -0.25) is 9.69 Å². The van der Waals surface area contributed by atoms with E-state index in [1.165, 1.54) is 12.8 Å². The summed E-state index contributed by atoms with van der Waals surface area (Å²) in [5.74, 6) is -0.00190. The lowest BCUT2D eigenvalue weighted by Gasteiger charge is -2.28. The van der Waals surface area contributed by atoms with Crippen LogP contribution in [0.2, 0.25) is 0 Å². The molecule has 0 aromatic heterocycles. The molecule has 1 aliphatic heterocycles. The first-order valence-electron chi connectivity index (χ1n) is 7.07. The van der Waals surface area contributed by atoms with Gasteiger partial charge in [0, 0.05) is 29.8 Å². The van der Waals surface area contributed by atoms with E-state index in [-0.39, 0.29) is 30.7 Å². The second kappa shape index (κ2) is 9.60. The van der Waals surface area contributed by atoms with Gasteiger partial charge in [0.2, 0.25) is 0 Å². The van der Waals surface area contributed by atoms with Crippen LogP contribution in [0.5, 0.6) is 0 Å². The molecule has 1 heterocycles.